The van der Waals surface area contributed by atoms with Crippen molar-refractivity contribution in [1.29, 1.82) is 0 Å². The first kappa shape index (κ1) is 24.0. The zero-order valence-electron chi connectivity index (χ0n) is 19.5. The summed E-state index contributed by atoms with van der Waals surface area (Å²) in [7, 11) is 0. The van der Waals surface area contributed by atoms with Crippen molar-refractivity contribution >= 4 is 34.8 Å². The third-order valence-corrected chi connectivity index (χ3v) is 5.94. The summed E-state index contributed by atoms with van der Waals surface area (Å²) in [4.78, 5) is 40.7. The van der Waals surface area contributed by atoms with E-state index in [1.807, 2.05) is 24.3 Å². The molecule has 0 aromatic heterocycles. The summed E-state index contributed by atoms with van der Waals surface area (Å²) >= 11 is 0. The Morgan fingerprint density at radius 2 is 1.63 bits per heavy atom. The van der Waals surface area contributed by atoms with Gasteiger partial charge in [0.15, 0.2) is 0 Å². The molecule has 0 saturated carbocycles. The van der Waals surface area contributed by atoms with Crippen molar-refractivity contribution in [2.45, 2.75) is 6.92 Å². The number of anilines is 3. The minimum atomic E-state index is -1.12. The highest BCUT2D eigenvalue weighted by molar-refractivity contribution is 6.09. The number of hydrogen-bond acceptors (Lipinski definition) is 5. The summed E-state index contributed by atoms with van der Waals surface area (Å²) in [6.45, 7) is 5.08. The zero-order valence-corrected chi connectivity index (χ0v) is 19.5. The highest BCUT2D eigenvalue weighted by atomic mass is 16.4. The number of piperazine rings is 1. The number of carbonyl (C=O) groups is 3. The molecular weight excluding hydrogens is 444 g/mol. The van der Waals surface area contributed by atoms with Crippen LogP contribution in [-0.4, -0.2) is 55.6 Å². The van der Waals surface area contributed by atoms with Crippen molar-refractivity contribution in [3.05, 3.63) is 89.5 Å². The minimum Gasteiger partial charge on any atom is -0.480 e. The lowest BCUT2D eigenvalue weighted by atomic mass is 10.1. The molecule has 1 aliphatic heterocycles. The molecule has 0 radical (unpaired) electrons. The first-order valence-electron chi connectivity index (χ1n) is 11.5. The summed E-state index contributed by atoms with van der Waals surface area (Å²) in [6, 6.07) is 21.1. The molecule has 4 rings (SSSR count). The van der Waals surface area contributed by atoms with Crippen molar-refractivity contribution in [3.63, 3.8) is 0 Å². The van der Waals surface area contributed by atoms with Crippen molar-refractivity contribution in [2.24, 2.45) is 0 Å². The van der Waals surface area contributed by atoms with Gasteiger partial charge in [0.2, 0.25) is 0 Å². The predicted octanol–water partition coefficient (Wildman–Crippen LogP) is 3.39. The molecule has 1 fully saturated rings. The Balaban J connectivity index is 1.49. The summed E-state index contributed by atoms with van der Waals surface area (Å²) < 4.78 is 0. The lowest BCUT2D eigenvalue weighted by molar-refractivity contribution is -0.135. The molecule has 2 amide bonds. The van der Waals surface area contributed by atoms with Gasteiger partial charge in [0.25, 0.3) is 11.8 Å². The van der Waals surface area contributed by atoms with Crippen LogP contribution in [0.1, 0.15) is 26.3 Å². The van der Waals surface area contributed by atoms with Crippen molar-refractivity contribution in [2.75, 3.05) is 47.8 Å². The SMILES string of the molecule is Cc1cc(N(CC(=O)O)C(=O)c2ccccc2)ccc1NC(=O)c1ccc(N2CCNCC2)cc1. The third-order valence-electron chi connectivity index (χ3n) is 5.94. The molecule has 0 aliphatic carbocycles. The second kappa shape index (κ2) is 10.8. The van der Waals surface area contributed by atoms with E-state index in [1.165, 1.54) is 4.90 Å². The van der Waals surface area contributed by atoms with Gasteiger partial charge in [0.1, 0.15) is 6.54 Å². The fourth-order valence-corrected chi connectivity index (χ4v) is 4.05. The highest BCUT2D eigenvalue weighted by Crippen LogP contribution is 2.25. The maximum absolute atomic E-state index is 13.0. The molecule has 1 heterocycles. The molecule has 180 valence electrons. The van der Waals surface area contributed by atoms with Gasteiger partial charge in [0.05, 0.1) is 0 Å². The van der Waals surface area contributed by atoms with E-state index >= 15 is 0 Å². The second-order valence-electron chi connectivity index (χ2n) is 8.39. The van der Waals surface area contributed by atoms with Crippen LogP contribution in [0.2, 0.25) is 0 Å². The maximum Gasteiger partial charge on any atom is 0.323 e. The quantitative estimate of drug-likeness (QED) is 0.487. The molecule has 1 saturated heterocycles. The molecule has 3 N–H and O–H groups in total. The van der Waals surface area contributed by atoms with Crippen LogP contribution in [0.25, 0.3) is 0 Å². The van der Waals surface area contributed by atoms with Gasteiger partial charge < -0.3 is 20.6 Å². The fraction of sp³-hybridized carbons (Fsp3) is 0.222. The Labute approximate surface area is 204 Å². The predicted molar refractivity (Wildman–Crippen MR) is 136 cm³/mol. The van der Waals surface area contributed by atoms with E-state index in [-0.39, 0.29) is 5.91 Å². The van der Waals surface area contributed by atoms with Crippen molar-refractivity contribution in [3.8, 4) is 0 Å². The fourth-order valence-electron chi connectivity index (χ4n) is 4.05. The maximum atomic E-state index is 13.0. The minimum absolute atomic E-state index is 0.240. The van der Waals surface area contributed by atoms with Crippen LogP contribution in [0, 0.1) is 6.92 Å². The number of rotatable bonds is 7. The number of nitrogens with one attached hydrogen (secondary N) is 2. The average molecular weight is 473 g/mol. The number of amides is 2. The van der Waals surface area contributed by atoms with Gasteiger partial charge in [-0.25, -0.2) is 0 Å². The van der Waals surface area contributed by atoms with Gasteiger partial charge in [-0.15, -0.1) is 0 Å². The molecule has 0 unspecified atom stereocenters. The number of aliphatic carboxylic acids is 1. The van der Waals surface area contributed by atoms with E-state index in [1.54, 1.807) is 55.5 Å². The van der Waals surface area contributed by atoms with Gasteiger partial charge in [-0.3, -0.25) is 19.3 Å². The first-order chi connectivity index (χ1) is 16.9. The van der Waals surface area contributed by atoms with Crippen LogP contribution < -0.4 is 20.4 Å². The van der Waals surface area contributed by atoms with Crippen molar-refractivity contribution in [1.82, 2.24) is 5.32 Å². The van der Waals surface area contributed by atoms with Gasteiger partial charge in [-0.05, 0) is 67.1 Å². The second-order valence-corrected chi connectivity index (χ2v) is 8.39. The number of carboxylic acid groups (broad SMARTS) is 1. The third kappa shape index (κ3) is 5.85. The van der Waals surface area contributed by atoms with Crippen LogP contribution >= 0.6 is 0 Å². The molecule has 0 bridgehead atoms. The summed E-state index contributed by atoms with van der Waals surface area (Å²) in [5.41, 5.74) is 3.77. The normalized spacial score (nSPS) is 13.2. The molecular formula is C27H28N4O4. The first-order valence-corrected chi connectivity index (χ1v) is 11.5. The van der Waals surface area contributed by atoms with Crippen LogP contribution in [0.4, 0.5) is 17.1 Å². The monoisotopic (exact) mass is 472 g/mol. The largest absolute Gasteiger partial charge is 0.480 e. The van der Waals surface area contributed by atoms with Crippen LogP contribution in [0.5, 0.6) is 0 Å². The van der Waals surface area contributed by atoms with Gasteiger partial charge in [-0.1, -0.05) is 18.2 Å². The number of carbonyl (C=O) groups excluding carboxylic acids is 2. The number of carboxylic acids is 1. The summed E-state index contributed by atoms with van der Waals surface area (Å²) in [6.07, 6.45) is 0. The number of nitrogens with zero attached hydrogens (tertiary/aromatic N) is 2. The Bertz CT molecular complexity index is 1210. The molecule has 0 spiro atoms. The molecule has 3 aromatic carbocycles. The molecule has 8 nitrogen and oxygen atoms in total. The molecule has 3 aromatic rings. The van der Waals surface area contributed by atoms with Gasteiger partial charge in [0, 0.05) is 54.4 Å². The molecule has 35 heavy (non-hydrogen) atoms. The van der Waals surface area contributed by atoms with E-state index in [9.17, 15) is 19.5 Å². The molecule has 1 aliphatic rings. The Morgan fingerprint density at radius 1 is 0.943 bits per heavy atom. The average Bonchev–Trinajstić information content (AvgIpc) is 2.89. The zero-order chi connectivity index (χ0) is 24.8. The standard InChI is InChI=1S/C27H28N4O4/c1-19-17-23(31(18-25(32)33)27(35)21-5-3-2-4-6-21)11-12-24(19)29-26(34)20-7-9-22(10-8-20)30-15-13-28-14-16-30/h2-12,17,28H,13-16,18H2,1H3,(H,29,34)(H,32,33). The van der Waals surface area contributed by atoms with Crippen molar-refractivity contribution < 1.29 is 19.5 Å². The van der Waals surface area contributed by atoms with Crippen LogP contribution in [0.3, 0.4) is 0 Å². The Kier molecular flexibility index (Phi) is 7.42. The lowest BCUT2D eigenvalue weighted by Gasteiger charge is -2.29. The van der Waals surface area contributed by atoms with Gasteiger partial charge in [-0.2, -0.15) is 0 Å². The van der Waals surface area contributed by atoms with E-state index in [2.05, 4.69) is 15.5 Å². The van der Waals surface area contributed by atoms with Crippen LogP contribution in [0.15, 0.2) is 72.8 Å². The Hall–Kier alpha value is -4.17. The smallest absolute Gasteiger partial charge is 0.323 e. The number of benzene rings is 3. The van der Waals surface area contributed by atoms with E-state index in [0.29, 0.717) is 28.1 Å². The van der Waals surface area contributed by atoms with E-state index < -0.39 is 18.4 Å². The molecule has 0 atom stereocenters. The summed E-state index contributed by atoms with van der Waals surface area (Å²) in [5.74, 6) is -1.77. The topological polar surface area (TPSA) is 102 Å². The Morgan fingerprint density at radius 3 is 2.26 bits per heavy atom. The molecule has 8 heteroatoms. The van der Waals surface area contributed by atoms with Crippen LogP contribution in [-0.2, 0) is 4.79 Å². The lowest BCUT2D eigenvalue weighted by Crippen LogP contribution is -2.43. The number of aryl methyl sites for hydroxylation is 1. The summed E-state index contributed by atoms with van der Waals surface area (Å²) in [5, 5.41) is 15.6. The number of hydrogen-bond donors (Lipinski definition) is 3. The van der Waals surface area contributed by atoms with E-state index in [4.69, 9.17) is 0 Å². The van der Waals surface area contributed by atoms with Gasteiger partial charge >= 0.3 is 5.97 Å². The highest BCUT2D eigenvalue weighted by Gasteiger charge is 2.21. The van der Waals surface area contributed by atoms with E-state index in [0.717, 1.165) is 31.9 Å².